The number of amides is 2. The van der Waals surface area contributed by atoms with Gasteiger partial charge in [-0.05, 0) is 23.6 Å². The molecule has 0 saturated heterocycles. The van der Waals surface area contributed by atoms with E-state index in [0.29, 0.717) is 17.2 Å². The Labute approximate surface area is 138 Å². The Hall–Kier alpha value is -3.29. The maximum atomic E-state index is 12.3. The van der Waals surface area contributed by atoms with Crippen molar-refractivity contribution in [2.24, 2.45) is 0 Å². The number of benzene rings is 1. The molecule has 0 spiro atoms. The summed E-state index contributed by atoms with van der Waals surface area (Å²) in [5, 5.41) is 9.29. The zero-order chi connectivity index (χ0) is 17.1. The van der Waals surface area contributed by atoms with Crippen LogP contribution in [0.5, 0.6) is 0 Å². The van der Waals surface area contributed by atoms with Gasteiger partial charge in [0.15, 0.2) is 11.5 Å². The van der Waals surface area contributed by atoms with E-state index in [4.69, 9.17) is 0 Å². The summed E-state index contributed by atoms with van der Waals surface area (Å²) in [4.78, 5) is 31.5. The second kappa shape index (κ2) is 6.45. The first-order valence-corrected chi connectivity index (χ1v) is 7.44. The highest BCUT2D eigenvalue weighted by molar-refractivity contribution is 5.98. The number of aromatic nitrogens is 3. The van der Waals surface area contributed by atoms with Gasteiger partial charge in [-0.15, -0.1) is 0 Å². The monoisotopic (exact) mass is 326 g/mol. The second-order valence-corrected chi connectivity index (χ2v) is 5.23. The minimum atomic E-state index is -0.308. The number of hydrogen-bond donors (Lipinski definition) is 4. The molecule has 24 heavy (non-hydrogen) atoms. The molecule has 0 aliphatic rings. The van der Waals surface area contributed by atoms with E-state index in [1.165, 1.54) is 17.9 Å². The molecule has 2 amide bonds. The zero-order valence-electron chi connectivity index (χ0n) is 13.4. The number of H-pyrrole nitrogens is 1. The zero-order valence-corrected chi connectivity index (χ0v) is 13.4. The SMILES string of the molecule is CNC(=O)c1c(NC)ncn1CC(=O)Nc1ccc2cc[nH]c2c1. The number of hydrogen-bond acceptors (Lipinski definition) is 4. The van der Waals surface area contributed by atoms with Gasteiger partial charge < -0.3 is 25.5 Å². The van der Waals surface area contributed by atoms with Crippen LogP contribution in [-0.2, 0) is 11.3 Å². The van der Waals surface area contributed by atoms with Crippen molar-refractivity contribution < 1.29 is 9.59 Å². The normalized spacial score (nSPS) is 10.6. The number of carbonyl (C=O) groups is 2. The molecule has 0 bridgehead atoms. The molecule has 0 saturated carbocycles. The van der Waals surface area contributed by atoms with E-state index < -0.39 is 0 Å². The molecule has 0 aliphatic heterocycles. The van der Waals surface area contributed by atoms with E-state index in [0.717, 1.165) is 10.9 Å². The molecule has 0 atom stereocenters. The molecule has 0 fully saturated rings. The van der Waals surface area contributed by atoms with Gasteiger partial charge in [0.05, 0.1) is 6.33 Å². The first kappa shape index (κ1) is 15.6. The van der Waals surface area contributed by atoms with Crippen LogP contribution in [0.2, 0.25) is 0 Å². The van der Waals surface area contributed by atoms with Crippen molar-refractivity contribution in [1.82, 2.24) is 19.9 Å². The summed E-state index contributed by atoms with van der Waals surface area (Å²) in [6, 6.07) is 7.58. The minimum Gasteiger partial charge on any atom is -0.371 e. The van der Waals surface area contributed by atoms with Crippen LogP contribution in [0.1, 0.15) is 10.5 Å². The fourth-order valence-corrected chi connectivity index (χ4v) is 2.52. The maximum absolute atomic E-state index is 12.3. The summed E-state index contributed by atoms with van der Waals surface area (Å²) in [5.41, 5.74) is 1.94. The Kier molecular flexibility index (Phi) is 4.19. The number of carbonyl (C=O) groups excluding carboxylic acids is 2. The number of nitrogens with zero attached hydrogens (tertiary/aromatic N) is 2. The molecular weight excluding hydrogens is 308 g/mol. The average Bonchev–Trinajstić information content (AvgIpc) is 3.20. The Morgan fingerprint density at radius 3 is 2.83 bits per heavy atom. The van der Waals surface area contributed by atoms with Gasteiger partial charge in [-0.2, -0.15) is 0 Å². The van der Waals surface area contributed by atoms with Gasteiger partial charge in [-0.3, -0.25) is 9.59 Å². The van der Waals surface area contributed by atoms with Crippen molar-refractivity contribution in [3.8, 4) is 0 Å². The summed E-state index contributed by atoms with van der Waals surface area (Å²) in [5.74, 6) is -0.126. The minimum absolute atomic E-state index is 0.0137. The number of fused-ring (bicyclic) bond motifs is 1. The van der Waals surface area contributed by atoms with Gasteiger partial charge in [0.25, 0.3) is 5.91 Å². The van der Waals surface area contributed by atoms with Crippen LogP contribution in [0.3, 0.4) is 0 Å². The van der Waals surface area contributed by atoms with Crippen molar-refractivity contribution >= 4 is 34.2 Å². The number of anilines is 2. The third-order valence-electron chi connectivity index (χ3n) is 3.67. The summed E-state index contributed by atoms with van der Waals surface area (Å²) in [6.07, 6.45) is 3.31. The fraction of sp³-hybridized carbons (Fsp3) is 0.188. The highest BCUT2D eigenvalue weighted by Gasteiger charge is 2.18. The second-order valence-electron chi connectivity index (χ2n) is 5.23. The lowest BCUT2D eigenvalue weighted by atomic mass is 10.2. The topological polar surface area (TPSA) is 104 Å². The Morgan fingerprint density at radius 2 is 2.08 bits per heavy atom. The predicted octanol–water partition coefficient (Wildman–Crippen LogP) is 1.40. The standard InChI is InChI=1S/C16H18N6O2/c1-17-15-14(16(24)18-2)22(9-20-15)8-13(23)21-11-4-3-10-5-6-19-12(10)7-11/h3-7,9,17,19H,8H2,1-2H3,(H,18,24)(H,21,23). The largest absolute Gasteiger partial charge is 0.371 e. The van der Waals surface area contributed by atoms with Gasteiger partial charge in [0.1, 0.15) is 6.54 Å². The van der Waals surface area contributed by atoms with Crippen molar-refractivity contribution in [2.45, 2.75) is 6.54 Å². The quantitative estimate of drug-likeness (QED) is 0.569. The van der Waals surface area contributed by atoms with Crippen molar-refractivity contribution in [3.63, 3.8) is 0 Å². The fourth-order valence-electron chi connectivity index (χ4n) is 2.52. The van der Waals surface area contributed by atoms with E-state index in [-0.39, 0.29) is 18.4 Å². The Morgan fingerprint density at radius 1 is 1.25 bits per heavy atom. The highest BCUT2D eigenvalue weighted by Crippen LogP contribution is 2.18. The van der Waals surface area contributed by atoms with Crippen LogP contribution in [0, 0.1) is 0 Å². The lowest BCUT2D eigenvalue weighted by Gasteiger charge is -2.09. The van der Waals surface area contributed by atoms with Crippen molar-refractivity contribution in [1.29, 1.82) is 0 Å². The lowest BCUT2D eigenvalue weighted by Crippen LogP contribution is -2.26. The van der Waals surface area contributed by atoms with Gasteiger partial charge >= 0.3 is 0 Å². The van der Waals surface area contributed by atoms with Crippen LogP contribution in [0.15, 0.2) is 36.8 Å². The van der Waals surface area contributed by atoms with Crippen LogP contribution in [-0.4, -0.2) is 40.4 Å². The Bertz CT molecular complexity index is 895. The smallest absolute Gasteiger partial charge is 0.271 e. The average molecular weight is 326 g/mol. The molecule has 3 rings (SSSR count). The third-order valence-corrected chi connectivity index (χ3v) is 3.67. The number of rotatable bonds is 5. The molecule has 4 N–H and O–H groups in total. The molecule has 1 aromatic carbocycles. The first-order valence-electron chi connectivity index (χ1n) is 7.44. The molecule has 0 unspecified atom stereocenters. The van der Waals surface area contributed by atoms with E-state index in [9.17, 15) is 9.59 Å². The van der Waals surface area contributed by atoms with E-state index in [1.54, 1.807) is 7.05 Å². The summed E-state index contributed by atoms with van der Waals surface area (Å²) in [6.45, 7) is -0.0137. The lowest BCUT2D eigenvalue weighted by molar-refractivity contribution is -0.116. The van der Waals surface area contributed by atoms with Crippen LogP contribution < -0.4 is 16.0 Å². The summed E-state index contributed by atoms with van der Waals surface area (Å²) >= 11 is 0. The van der Waals surface area contributed by atoms with Gasteiger partial charge in [0.2, 0.25) is 5.91 Å². The van der Waals surface area contributed by atoms with Crippen molar-refractivity contribution in [3.05, 3.63) is 42.5 Å². The summed E-state index contributed by atoms with van der Waals surface area (Å²) in [7, 11) is 3.20. The number of nitrogens with one attached hydrogen (secondary N) is 4. The van der Waals surface area contributed by atoms with E-state index in [2.05, 4.69) is 25.9 Å². The van der Waals surface area contributed by atoms with Gasteiger partial charge in [0, 0.05) is 31.5 Å². The van der Waals surface area contributed by atoms with E-state index >= 15 is 0 Å². The maximum Gasteiger partial charge on any atom is 0.271 e. The van der Waals surface area contributed by atoms with Crippen LogP contribution in [0.4, 0.5) is 11.5 Å². The van der Waals surface area contributed by atoms with E-state index in [1.807, 2.05) is 30.5 Å². The first-order chi connectivity index (χ1) is 11.6. The molecule has 0 aliphatic carbocycles. The molecule has 0 radical (unpaired) electrons. The van der Waals surface area contributed by atoms with Gasteiger partial charge in [-0.1, -0.05) is 6.07 Å². The molecule has 2 aromatic heterocycles. The molecular formula is C16H18N6O2. The number of imidazole rings is 1. The van der Waals surface area contributed by atoms with Crippen LogP contribution in [0.25, 0.3) is 10.9 Å². The van der Waals surface area contributed by atoms with Gasteiger partial charge in [-0.25, -0.2) is 4.98 Å². The van der Waals surface area contributed by atoms with Crippen molar-refractivity contribution in [2.75, 3.05) is 24.7 Å². The molecule has 8 nitrogen and oxygen atoms in total. The third kappa shape index (κ3) is 2.94. The summed E-state index contributed by atoms with van der Waals surface area (Å²) < 4.78 is 1.51. The molecule has 124 valence electrons. The van der Waals surface area contributed by atoms with Crippen LogP contribution >= 0.6 is 0 Å². The highest BCUT2D eigenvalue weighted by atomic mass is 16.2. The Balaban J connectivity index is 1.77. The molecule has 2 heterocycles. The number of aromatic amines is 1. The molecule has 8 heteroatoms. The molecule has 3 aromatic rings. The predicted molar refractivity (Wildman–Crippen MR) is 92.1 cm³/mol.